The summed E-state index contributed by atoms with van der Waals surface area (Å²) in [6.45, 7) is 13.6. The Hall–Kier alpha value is -0.120. The van der Waals surface area contributed by atoms with E-state index in [9.17, 15) is 5.11 Å². The summed E-state index contributed by atoms with van der Waals surface area (Å²) in [4.78, 5) is 2.58. The summed E-state index contributed by atoms with van der Waals surface area (Å²) >= 11 is 0. The zero-order chi connectivity index (χ0) is 13.6. The van der Waals surface area contributed by atoms with Gasteiger partial charge >= 0.3 is 0 Å². The topological polar surface area (TPSA) is 35.5 Å². The molecule has 0 bridgehead atoms. The number of aliphatic hydroxyl groups excluding tert-OH is 1. The SMILES string of the molecule is CCNC(C)(CO)CCN1CCC(CC)(CC)C1. The van der Waals surface area contributed by atoms with Gasteiger partial charge in [0.25, 0.3) is 0 Å². The summed E-state index contributed by atoms with van der Waals surface area (Å²) in [6, 6.07) is 0. The lowest BCUT2D eigenvalue weighted by Gasteiger charge is -2.31. The second-order valence-electron chi connectivity index (χ2n) is 6.23. The highest BCUT2D eigenvalue weighted by atomic mass is 16.3. The Morgan fingerprint density at radius 1 is 1.28 bits per heavy atom. The molecule has 0 aromatic carbocycles. The molecule has 1 aliphatic heterocycles. The smallest absolute Gasteiger partial charge is 0.0611 e. The van der Waals surface area contributed by atoms with E-state index in [1.807, 2.05) is 0 Å². The van der Waals surface area contributed by atoms with Gasteiger partial charge in [0.1, 0.15) is 0 Å². The van der Waals surface area contributed by atoms with E-state index in [1.165, 1.54) is 32.4 Å². The van der Waals surface area contributed by atoms with Crippen molar-refractivity contribution in [1.82, 2.24) is 10.2 Å². The van der Waals surface area contributed by atoms with Crippen molar-refractivity contribution in [2.45, 2.75) is 58.9 Å². The predicted octanol–water partition coefficient (Wildman–Crippen LogP) is 2.25. The van der Waals surface area contributed by atoms with Crippen LogP contribution in [0.5, 0.6) is 0 Å². The van der Waals surface area contributed by atoms with Gasteiger partial charge in [-0.2, -0.15) is 0 Å². The third-order valence-corrected chi connectivity index (χ3v) is 4.95. The van der Waals surface area contributed by atoms with Crippen LogP contribution in [0.1, 0.15) is 53.4 Å². The molecule has 0 aromatic heterocycles. The number of rotatable bonds is 8. The summed E-state index contributed by atoms with van der Waals surface area (Å²) < 4.78 is 0. The maximum absolute atomic E-state index is 9.50. The molecule has 1 saturated heterocycles. The van der Waals surface area contributed by atoms with E-state index in [-0.39, 0.29) is 12.1 Å². The predicted molar refractivity (Wildman–Crippen MR) is 77.9 cm³/mol. The summed E-state index contributed by atoms with van der Waals surface area (Å²) in [6.07, 6.45) is 4.97. The van der Waals surface area contributed by atoms with E-state index < -0.39 is 0 Å². The lowest BCUT2D eigenvalue weighted by Crippen LogP contribution is -2.47. The first-order valence-corrected chi connectivity index (χ1v) is 7.61. The molecule has 1 aliphatic rings. The molecule has 1 rings (SSSR count). The van der Waals surface area contributed by atoms with Crippen LogP contribution in [0.25, 0.3) is 0 Å². The highest BCUT2D eigenvalue weighted by molar-refractivity contribution is 4.90. The molecule has 0 saturated carbocycles. The minimum atomic E-state index is -0.113. The molecular weight excluding hydrogens is 224 g/mol. The number of nitrogens with one attached hydrogen (secondary N) is 1. The van der Waals surface area contributed by atoms with Gasteiger partial charge in [-0.05, 0) is 57.7 Å². The van der Waals surface area contributed by atoms with Gasteiger partial charge in [0.05, 0.1) is 6.61 Å². The molecule has 1 heterocycles. The molecule has 0 amide bonds. The fourth-order valence-corrected chi connectivity index (χ4v) is 3.10. The van der Waals surface area contributed by atoms with E-state index in [2.05, 4.69) is 37.9 Å². The zero-order valence-electron chi connectivity index (χ0n) is 12.8. The highest BCUT2D eigenvalue weighted by Crippen LogP contribution is 2.37. The number of likely N-dealkylation sites (N-methyl/N-ethyl adjacent to an activating group) is 1. The van der Waals surface area contributed by atoms with Crippen LogP contribution in [0.3, 0.4) is 0 Å². The lowest BCUT2D eigenvalue weighted by atomic mass is 9.82. The average molecular weight is 256 g/mol. The summed E-state index contributed by atoms with van der Waals surface area (Å²) in [7, 11) is 0. The molecule has 1 unspecified atom stereocenters. The summed E-state index contributed by atoms with van der Waals surface area (Å²) in [5.74, 6) is 0. The quantitative estimate of drug-likeness (QED) is 0.699. The molecule has 18 heavy (non-hydrogen) atoms. The van der Waals surface area contributed by atoms with Crippen molar-refractivity contribution in [3.8, 4) is 0 Å². The third-order valence-electron chi connectivity index (χ3n) is 4.95. The largest absolute Gasteiger partial charge is 0.394 e. The molecular formula is C15H32N2O. The van der Waals surface area contributed by atoms with Crippen LogP contribution < -0.4 is 5.32 Å². The summed E-state index contributed by atoms with van der Waals surface area (Å²) in [5.41, 5.74) is 0.451. The van der Waals surface area contributed by atoms with Gasteiger partial charge in [-0.15, -0.1) is 0 Å². The van der Waals surface area contributed by atoms with Gasteiger partial charge in [-0.3, -0.25) is 0 Å². The lowest BCUT2D eigenvalue weighted by molar-refractivity contribution is 0.148. The Labute approximate surface area is 113 Å². The van der Waals surface area contributed by atoms with Gasteiger partial charge in [-0.1, -0.05) is 20.8 Å². The second kappa shape index (κ2) is 6.88. The maximum Gasteiger partial charge on any atom is 0.0611 e. The Morgan fingerprint density at radius 2 is 1.94 bits per heavy atom. The molecule has 0 spiro atoms. The van der Waals surface area contributed by atoms with E-state index in [4.69, 9.17) is 0 Å². The van der Waals surface area contributed by atoms with Gasteiger partial charge in [0.15, 0.2) is 0 Å². The van der Waals surface area contributed by atoms with E-state index in [0.29, 0.717) is 5.41 Å². The van der Waals surface area contributed by atoms with E-state index >= 15 is 0 Å². The van der Waals surface area contributed by atoms with Gasteiger partial charge in [0.2, 0.25) is 0 Å². The van der Waals surface area contributed by atoms with Crippen molar-refractivity contribution in [1.29, 1.82) is 0 Å². The number of hydrogen-bond acceptors (Lipinski definition) is 3. The van der Waals surface area contributed by atoms with Crippen LogP contribution in [-0.2, 0) is 0 Å². The molecule has 3 nitrogen and oxygen atoms in total. The van der Waals surface area contributed by atoms with Crippen molar-refractivity contribution in [3.63, 3.8) is 0 Å². The molecule has 0 aliphatic carbocycles. The fraction of sp³-hybridized carbons (Fsp3) is 1.00. The monoisotopic (exact) mass is 256 g/mol. The van der Waals surface area contributed by atoms with Crippen LogP contribution in [0.4, 0.5) is 0 Å². The first kappa shape index (κ1) is 15.9. The summed E-state index contributed by atoms with van der Waals surface area (Å²) in [5, 5.41) is 12.9. The third kappa shape index (κ3) is 3.94. The van der Waals surface area contributed by atoms with E-state index in [1.54, 1.807) is 0 Å². The normalized spacial score (nSPS) is 23.2. The Balaban J connectivity index is 2.41. The Morgan fingerprint density at radius 3 is 2.39 bits per heavy atom. The van der Waals surface area contributed by atoms with Crippen molar-refractivity contribution in [3.05, 3.63) is 0 Å². The second-order valence-corrected chi connectivity index (χ2v) is 6.23. The Kier molecular flexibility index (Phi) is 6.09. The van der Waals surface area contributed by atoms with Crippen LogP contribution in [0.15, 0.2) is 0 Å². The van der Waals surface area contributed by atoms with Crippen molar-refractivity contribution in [2.75, 3.05) is 32.8 Å². The average Bonchev–Trinajstić information content (AvgIpc) is 2.81. The first-order valence-electron chi connectivity index (χ1n) is 7.61. The highest BCUT2D eigenvalue weighted by Gasteiger charge is 2.35. The van der Waals surface area contributed by atoms with Gasteiger partial charge < -0.3 is 15.3 Å². The fourth-order valence-electron chi connectivity index (χ4n) is 3.10. The number of likely N-dealkylation sites (tertiary alicyclic amines) is 1. The Bertz CT molecular complexity index is 241. The number of hydrogen-bond donors (Lipinski definition) is 2. The van der Waals surface area contributed by atoms with Crippen molar-refractivity contribution < 1.29 is 5.11 Å². The molecule has 1 fully saturated rings. The van der Waals surface area contributed by atoms with Crippen molar-refractivity contribution in [2.24, 2.45) is 5.41 Å². The molecule has 1 atom stereocenters. The number of nitrogens with zero attached hydrogens (tertiary/aromatic N) is 1. The minimum absolute atomic E-state index is 0.113. The molecule has 0 radical (unpaired) electrons. The van der Waals surface area contributed by atoms with Crippen LogP contribution >= 0.6 is 0 Å². The van der Waals surface area contributed by atoms with Crippen molar-refractivity contribution >= 4 is 0 Å². The molecule has 2 N–H and O–H groups in total. The first-order chi connectivity index (χ1) is 8.53. The van der Waals surface area contributed by atoms with Gasteiger partial charge in [-0.25, -0.2) is 0 Å². The maximum atomic E-state index is 9.50. The van der Waals surface area contributed by atoms with E-state index in [0.717, 1.165) is 19.5 Å². The molecule has 0 aromatic rings. The van der Waals surface area contributed by atoms with Crippen LogP contribution in [-0.4, -0.2) is 48.3 Å². The van der Waals surface area contributed by atoms with Crippen LogP contribution in [0.2, 0.25) is 0 Å². The standard InChI is InChI=1S/C15H32N2O/c1-5-15(6-2)9-11-17(12-15)10-8-14(4,13-18)16-7-3/h16,18H,5-13H2,1-4H3. The zero-order valence-corrected chi connectivity index (χ0v) is 12.8. The number of aliphatic hydroxyl groups is 1. The van der Waals surface area contributed by atoms with Gasteiger partial charge in [0, 0.05) is 12.1 Å². The molecule has 3 heteroatoms. The van der Waals surface area contributed by atoms with Crippen LogP contribution in [0, 0.1) is 5.41 Å². The minimum Gasteiger partial charge on any atom is -0.394 e. The molecule has 108 valence electrons.